The molecule has 5 heteroatoms. The molecule has 0 fully saturated rings. The number of hydrogen-bond donors (Lipinski definition) is 0. The fraction of sp³-hybridized carbons (Fsp3) is 0.562. The van der Waals surface area contributed by atoms with Crippen molar-refractivity contribution >= 4 is 5.97 Å². The number of rotatable bonds is 10. The molecular formula is C16H24O5. The predicted octanol–water partition coefficient (Wildman–Crippen LogP) is 2.53. The van der Waals surface area contributed by atoms with E-state index < -0.39 is 12.4 Å². The highest BCUT2D eigenvalue weighted by Gasteiger charge is 2.25. The number of carbonyl (C=O) groups is 1. The zero-order chi connectivity index (χ0) is 15.5. The molecule has 0 aromatic heterocycles. The van der Waals surface area contributed by atoms with Gasteiger partial charge in [0.25, 0.3) is 0 Å². The van der Waals surface area contributed by atoms with E-state index in [0.717, 1.165) is 5.56 Å². The molecule has 1 aromatic carbocycles. The van der Waals surface area contributed by atoms with Crippen molar-refractivity contribution in [1.29, 1.82) is 0 Å². The molecule has 0 saturated heterocycles. The molecule has 0 aliphatic carbocycles. The quantitative estimate of drug-likeness (QED) is 0.490. The maximum absolute atomic E-state index is 11.2. The van der Waals surface area contributed by atoms with Gasteiger partial charge < -0.3 is 18.9 Å². The predicted molar refractivity (Wildman–Crippen MR) is 78.7 cm³/mol. The van der Waals surface area contributed by atoms with Gasteiger partial charge in [0.05, 0.1) is 13.2 Å². The van der Waals surface area contributed by atoms with Crippen LogP contribution in [0.1, 0.15) is 26.3 Å². The minimum absolute atomic E-state index is 0.221. The third-order valence-corrected chi connectivity index (χ3v) is 2.68. The second-order valence-electron chi connectivity index (χ2n) is 4.43. The molecule has 1 rings (SSSR count). The van der Waals surface area contributed by atoms with Crippen molar-refractivity contribution < 1.29 is 23.7 Å². The van der Waals surface area contributed by atoms with Crippen LogP contribution < -0.4 is 0 Å². The summed E-state index contributed by atoms with van der Waals surface area (Å²) in [5.74, 6) is -0.382. The summed E-state index contributed by atoms with van der Waals surface area (Å²) in [6, 6.07) is 9.80. The van der Waals surface area contributed by atoms with Gasteiger partial charge in [-0.1, -0.05) is 30.3 Å². The molecule has 0 radical (unpaired) electrons. The molecule has 1 unspecified atom stereocenters. The Labute approximate surface area is 126 Å². The van der Waals surface area contributed by atoms with Crippen LogP contribution in [0, 0.1) is 0 Å². The van der Waals surface area contributed by atoms with E-state index in [1.807, 2.05) is 44.2 Å². The highest BCUT2D eigenvalue weighted by atomic mass is 16.7. The number of benzene rings is 1. The molecule has 1 aromatic rings. The molecule has 0 spiro atoms. The van der Waals surface area contributed by atoms with Gasteiger partial charge in [0.1, 0.15) is 0 Å². The molecule has 0 aliphatic rings. The Kier molecular flexibility index (Phi) is 8.66. The highest BCUT2D eigenvalue weighted by molar-refractivity contribution is 5.66. The van der Waals surface area contributed by atoms with Crippen molar-refractivity contribution in [3.63, 3.8) is 0 Å². The minimum atomic E-state index is -0.611. The number of carbonyl (C=O) groups excluding carboxylic acids is 1. The Bertz CT molecular complexity index is 387. The standard InChI is InChI=1S/C16H24O5/c1-4-19-16(20-5-2)15(21-13(3)17)12-18-11-14-9-7-6-8-10-14/h6-10,15-16H,4-5,11-12H2,1-3H3. The van der Waals surface area contributed by atoms with E-state index >= 15 is 0 Å². The number of esters is 1. The Morgan fingerprint density at radius 2 is 1.71 bits per heavy atom. The summed E-state index contributed by atoms with van der Waals surface area (Å²) in [6.07, 6.45) is -1.19. The maximum atomic E-state index is 11.2. The van der Waals surface area contributed by atoms with E-state index in [4.69, 9.17) is 18.9 Å². The van der Waals surface area contributed by atoms with Gasteiger partial charge in [-0.2, -0.15) is 0 Å². The third kappa shape index (κ3) is 7.22. The van der Waals surface area contributed by atoms with Gasteiger partial charge in [0, 0.05) is 20.1 Å². The maximum Gasteiger partial charge on any atom is 0.303 e. The lowest BCUT2D eigenvalue weighted by molar-refractivity contribution is -0.216. The molecule has 0 N–H and O–H groups in total. The van der Waals surface area contributed by atoms with Crippen LogP contribution in [-0.4, -0.2) is 38.2 Å². The van der Waals surface area contributed by atoms with Crippen molar-refractivity contribution in [2.24, 2.45) is 0 Å². The molecule has 0 amide bonds. The SMILES string of the molecule is CCOC(OCC)C(COCc1ccccc1)OC(C)=O. The van der Waals surface area contributed by atoms with Gasteiger partial charge in [-0.05, 0) is 19.4 Å². The van der Waals surface area contributed by atoms with Gasteiger partial charge in [-0.25, -0.2) is 0 Å². The summed E-state index contributed by atoms with van der Waals surface area (Å²) < 4.78 is 21.8. The summed E-state index contributed by atoms with van der Waals surface area (Å²) in [4.78, 5) is 11.2. The van der Waals surface area contributed by atoms with Crippen molar-refractivity contribution in [3.05, 3.63) is 35.9 Å². The van der Waals surface area contributed by atoms with Crippen LogP contribution in [0.3, 0.4) is 0 Å². The average Bonchev–Trinajstić information content (AvgIpc) is 2.47. The van der Waals surface area contributed by atoms with Gasteiger partial charge in [0.15, 0.2) is 12.4 Å². The normalized spacial score (nSPS) is 12.4. The summed E-state index contributed by atoms with van der Waals surface area (Å²) >= 11 is 0. The topological polar surface area (TPSA) is 54.0 Å². The first kappa shape index (κ1) is 17.6. The Morgan fingerprint density at radius 1 is 1.10 bits per heavy atom. The second kappa shape index (κ2) is 10.3. The number of hydrogen-bond acceptors (Lipinski definition) is 5. The fourth-order valence-electron chi connectivity index (χ4n) is 1.84. The highest BCUT2D eigenvalue weighted by Crippen LogP contribution is 2.10. The van der Waals surface area contributed by atoms with Crippen LogP contribution >= 0.6 is 0 Å². The first-order valence-electron chi connectivity index (χ1n) is 7.19. The van der Waals surface area contributed by atoms with Crippen LogP contribution in [0.2, 0.25) is 0 Å². The van der Waals surface area contributed by atoms with Gasteiger partial charge in [-0.15, -0.1) is 0 Å². The molecule has 1 atom stereocenters. The minimum Gasteiger partial charge on any atom is -0.455 e. The Hall–Kier alpha value is -1.43. The lowest BCUT2D eigenvalue weighted by atomic mass is 10.2. The number of ether oxygens (including phenoxy) is 4. The van der Waals surface area contributed by atoms with Gasteiger partial charge in [-0.3, -0.25) is 4.79 Å². The van der Waals surface area contributed by atoms with Crippen LogP contribution in [0.25, 0.3) is 0 Å². The molecule has 0 bridgehead atoms. The van der Waals surface area contributed by atoms with E-state index in [9.17, 15) is 4.79 Å². The van der Waals surface area contributed by atoms with Gasteiger partial charge in [0.2, 0.25) is 0 Å². The van der Waals surface area contributed by atoms with E-state index in [-0.39, 0.29) is 12.6 Å². The molecule has 5 nitrogen and oxygen atoms in total. The zero-order valence-electron chi connectivity index (χ0n) is 12.9. The van der Waals surface area contributed by atoms with Crippen molar-refractivity contribution in [1.82, 2.24) is 0 Å². The summed E-state index contributed by atoms with van der Waals surface area (Å²) in [7, 11) is 0. The average molecular weight is 296 g/mol. The van der Waals surface area contributed by atoms with E-state index in [1.54, 1.807) is 0 Å². The third-order valence-electron chi connectivity index (χ3n) is 2.68. The smallest absolute Gasteiger partial charge is 0.303 e. The Morgan fingerprint density at radius 3 is 2.24 bits per heavy atom. The molecule has 21 heavy (non-hydrogen) atoms. The first-order valence-corrected chi connectivity index (χ1v) is 7.19. The molecule has 0 saturated carbocycles. The lowest BCUT2D eigenvalue weighted by Crippen LogP contribution is -2.39. The molecular weight excluding hydrogens is 272 g/mol. The molecule has 0 aliphatic heterocycles. The van der Waals surface area contributed by atoms with Crippen LogP contribution in [-0.2, 0) is 30.3 Å². The van der Waals surface area contributed by atoms with Gasteiger partial charge >= 0.3 is 5.97 Å². The Balaban J connectivity index is 2.53. The summed E-state index contributed by atoms with van der Waals surface area (Å²) in [6.45, 7) is 6.70. The van der Waals surface area contributed by atoms with E-state index in [0.29, 0.717) is 19.8 Å². The van der Waals surface area contributed by atoms with Crippen LogP contribution in [0.4, 0.5) is 0 Å². The van der Waals surface area contributed by atoms with Crippen molar-refractivity contribution in [3.8, 4) is 0 Å². The fourth-order valence-corrected chi connectivity index (χ4v) is 1.84. The molecule has 0 heterocycles. The summed E-state index contributed by atoms with van der Waals surface area (Å²) in [5, 5.41) is 0. The lowest BCUT2D eigenvalue weighted by Gasteiger charge is -2.26. The van der Waals surface area contributed by atoms with Crippen LogP contribution in [0.15, 0.2) is 30.3 Å². The summed E-state index contributed by atoms with van der Waals surface area (Å²) in [5.41, 5.74) is 1.06. The largest absolute Gasteiger partial charge is 0.455 e. The monoisotopic (exact) mass is 296 g/mol. The first-order chi connectivity index (χ1) is 10.2. The van der Waals surface area contributed by atoms with E-state index in [1.165, 1.54) is 6.92 Å². The molecule has 118 valence electrons. The van der Waals surface area contributed by atoms with Crippen molar-refractivity contribution in [2.45, 2.75) is 39.8 Å². The zero-order valence-corrected chi connectivity index (χ0v) is 12.9. The van der Waals surface area contributed by atoms with E-state index in [2.05, 4.69) is 0 Å². The second-order valence-corrected chi connectivity index (χ2v) is 4.43. The van der Waals surface area contributed by atoms with Crippen molar-refractivity contribution in [2.75, 3.05) is 19.8 Å². The van der Waals surface area contributed by atoms with Crippen LogP contribution in [0.5, 0.6) is 0 Å².